The van der Waals surface area contributed by atoms with Crippen LogP contribution in [0.3, 0.4) is 0 Å². The van der Waals surface area contributed by atoms with Crippen LogP contribution in [0, 0.1) is 0 Å². The number of hydrogen-bond acceptors (Lipinski definition) is 2. The lowest BCUT2D eigenvalue weighted by Gasteiger charge is -2.17. The second kappa shape index (κ2) is 6.66. The monoisotopic (exact) mass is 284 g/mol. The third-order valence-corrected chi connectivity index (χ3v) is 2.86. The summed E-state index contributed by atoms with van der Waals surface area (Å²) in [5.74, 6) is 0.0294. The molecule has 1 rings (SSSR count). The smallest absolute Gasteiger partial charge is 0.238 e. The minimum Gasteiger partial charge on any atom is -0.325 e. The van der Waals surface area contributed by atoms with Gasteiger partial charge in [-0.1, -0.05) is 35.8 Å². The summed E-state index contributed by atoms with van der Waals surface area (Å²) >= 11 is 3.37. The summed E-state index contributed by atoms with van der Waals surface area (Å²) in [5, 5.41) is 2.87. The molecule has 0 aliphatic rings. The molecule has 3 nitrogen and oxygen atoms in total. The molecule has 0 bridgehead atoms. The summed E-state index contributed by atoms with van der Waals surface area (Å²) in [4.78, 5) is 13.8. The van der Waals surface area contributed by atoms with Gasteiger partial charge >= 0.3 is 0 Å². The lowest BCUT2D eigenvalue weighted by molar-refractivity contribution is -0.117. The van der Waals surface area contributed by atoms with Gasteiger partial charge in [0.2, 0.25) is 5.91 Å². The van der Waals surface area contributed by atoms with Crippen molar-refractivity contribution < 1.29 is 4.79 Å². The molecule has 4 heteroatoms. The minimum absolute atomic E-state index is 0.0294. The number of benzene rings is 1. The number of nitrogens with zero attached hydrogens (tertiary/aromatic N) is 1. The van der Waals surface area contributed by atoms with Gasteiger partial charge in [-0.25, -0.2) is 0 Å². The molecule has 0 atom stereocenters. The van der Waals surface area contributed by atoms with Crippen LogP contribution in [0.2, 0.25) is 0 Å². The molecule has 0 saturated heterocycles. The minimum atomic E-state index is 0.0294. The number of likely N-dealkylation sites (N-methyl/N-ethyl adjacent to an activating group) is 1. The Labute approximate surface area is 105 Å². The van der Waals surface area contributed by atoms with E-state index in [2.05, 4.69) is 40.0 Å². The van der Waals surface area contributed by atoms with Crippen molar-refractivity contribution in [2.45, 2.75) is 13.8 Å². The molecular formula is C12H17BrN2O. The zero-order chi connectivity index (χ0) is 12.0. The summed E-state index contributed by atoms with van der Waals surface area (Å²) in [6, 6.07) is 7.60. The molecule has 0 fully saturated rings. The molecule has 88 valence electrons. The molecule has 1 N–H and O–H groups in total. The van der Waals surface area contributed by atoms with Gasteiger partial charge in [0.1, 0.15) is 0 Å². The number of carbonyl (C=O) groups excluding carboxylic acids is 1. The Balaban J connectivity index is 2.51. The number of carbonyl (C=O) groups is 1. The van der Waals surface area contributed by atoms with E-state index in [0.717, 1.165) is 23.2 Å². The van der Waals surface area contributed by atoms with E-state index >= 15 is 0 Å². The van der Waals surface area contributed by atoms with Crippen LogP contribution in [0.4, 0.5) is 5.69 Å². The maximum atomic E-state index is 11.7. The summed E-state index contributed by atoms with van der Waals surface area (Å²) in [6.07, 6.45) is 0. The van der Waals surface area contributed by atoms with Gasteiger partial charge in [-0.3, -0.25) is 9.69 Å². The van der Waals surface area contributed by atoms with Crippen LogP contribution in [-0.4, -0.2) is 30.4 Å². The Morgan fingerprint density at radius 1 is 1.38 bits per heavy atom. The summed E-state index contributed by atoms with van der Waals surface area (Å²) in [6.45, 7) is 6.33. The highest BCUT2D eigenvalue weighted by molar-refractivity contribution is 9.10. The van der Waals surface area contributed by atoms with Crippen LogP contribution in [0.25, 0.3) is 0 Å². The molecule has 0 unspecified atom stereocenters. The highest BCUT2D eigenvalue weighted by Crippen LogP contribution is 2.15. The van der Waals surface area contributed by atoms with E-state index in [0.29, 0.717) is 6.54 Å². The molecular weight excluding hydrogens is 268 g/mol. The van der Waals surface area contributed by atoms with E-state index < -0.39 is 0 Å². The third-order valence-electron chi connectivity index (χ3n) is 2.37. The average molecular weight is 285 g/mol. The van der Waals surface area contributed by atoms with Gasteiger partial charge in [-0.05, 0) is 31.3 Å². The zero-order valence-electron chi connectivity index (χ0n) is 9.66. The lowest BCUT2D eigenvalue weighted by Crippen LogP contribution is -2.32. The van der Waals surface area contributed by atoms with Crippen molar-refractivity contribution >= 4 is 27.5 Å². The fourth-order valence-corrected chi connectivity index (χ4v) is 1.82. The molecule has 16 heavy (non-hydrogen) atoms. The van der Waals surface area contributed by atoms with Crippen molar-refractivity contribution in [1.29, 1.82) is 0 Å². The first-order valence-electron chi connectivity index (χ1n) is 5.43. The topological polar surface area (TPSA) is 32.3 Å². The number of amides is 1. The fourth-order valence-electron chi connectivity index (χ4n) is 1.42. The predicted molar refractivity (Wildman–Crippen MR) is 70.6 cm³/mol. The first kappa shape index (κ1) is 13.2. The van der Waals surface area contributed by atoms with Crippen LogP contribution < -0.4 is 5.32 Å². The maximum absolute atomic E-state index is 11.7. The molecule has 1 amide bonds. The largest absolute Gasteiger partial charge is 0.325 e. The molecule has 0 aliphatic carbocycles. The number of rotatable bonds is 5. The van der Waals surface area contributed by atoms with E-state index in [1.54, 1.807) is 0 Å². The van der Waals surface area contributed by atoms with E-state index in [9.17, 15) is 4.79 Å². The number of hydrogen-bond donors (Lipinski definition) is 1. The number of halogens is 1. The Morgan fingerprint density at radius 3 is 2.62 bits per heavy atom. The Kier molecular flexibility index (Phi) is 5.49. The molecule has 0 saturated carbocycles. The second-order valence-electron chi connectivity index (χ2n) is 3.52. The van der Waals surface area contributed by atoms with Gasteiger partial charge in [-0.15, -0.1) is 0 Å². The molecule has 0 spiro atoms. The van der Waals surface area contributed by atoms with Gasteiger partial charge in [0.25, 0.3) is 0 Å². The highest BCUT2D eigenvalue weighted by atomic mass is 79.9. The SMILES string of the molecule is CCN(CC)CC(=O)Nc1cccc(Br)c1. The summed E-state index contributed by atoms with van der Waals surface area (Å²) in [7, 11) is 0. The van der Waals surface area contributed by atoms with Crippen molar-refractivity contribution in [3.63, 3.8) is 0 Å². The molecule has 1 aromatic carbocycles. The Morgan fingerprint density at radius 2 is 2.06 bits per heavy atom. The fraction of sp³-hybridized carbons (Fsp3) is 0.417. The standard InChI is InChI=1S/C12H17BrN2O/c1-3-15(4-2)9-12(16)14-11-7-5-6-10(13)8-11/h5-8H,3-4,9H2,1-2H3,(H,14,16). The van der Waals surface area contributed by atoms with Crippen LogP contribution >= 0.6 is 15.9 Å². The van der Waals surface area contributed by atoms with Crippen LogP contribution in [0.1, 0.15) is 13.8 Å². The van der Waals surface area contributed by atoms with Gasteiger partial charge in [0.15, 0.2) is 0 Å². The van der Waals surface area contributed by atoms with Gasteiger partial charge in [0, 0.05) is 10.2 Å². The van der Waals surface area contributed by atoms with E-state index in [4.69, 9.17) is 0 Å². The normalized spacial score (nSPS) is 10.5. The first-order valence-corrected chi connectivity index (χ1v) is 6.22. The quantitative estimate of drug-likeness (QED) is 0.902. The average Bonchev–Trinajstić information content (AvgIpc) is 2.26. The molecule has 0 heterocycles. The Hall–Kier alpha value is -0.870. The van der Waals surface area contributed by atoms with Gasteiger partial charge in [0.05, 0.1) is 6.54 Å². The predicted octanol–water partition coefficient (Wildman–Crippen LogP) is 2.73. The Bertz CT molecular complexity index is 351. The van der Waals surface area contributed by atoms with Crippen molar-refractivity contribution in [3.8, 4) is 0 Å². The van der Waals surface area contributed by atoms with E-state index in [1.165, 1.54) is 0 Å². The third kappa shape index (κ3) is 4.33. The van der Waals surface area contributed by atoms with Crippen LogP contribution in [-0.2, 0) is 4.79 Å². The summed E-state index contributed by atoms with van der Waals surface area (Å²) < 4.78 is 0.966. The number of anilines is 1. The summed E-state index contributed by atoms with van der Waals surface area (Å²) in [5.41, 5.74) is 0.825. The van der Waals surface area contributed by atoms with Crippen molar-refractivity contribution in [1.82, 2.24) is 4.90 Å². The molecule has 0 aliphatic heterocycles. The lowest BCUT2D eigenvalue weighted by atomic mass is 10.3. The highest BCUT2D eigenvalue weighted by Gasteiger charge is 2.07. The second-order valence-corrected chi connectivity index (χ2v) is 4.44. The van der Waals surface area contributed by atoms with E-state index in [1.807, 2.05) is 24.3 Å². The van der Waals surface area contributed by atoms with E-state index in [-0.39, 0.29) is 5.91 Å². The first-order chi connectivity index (χ1) is 7.65. The molecule has 0 aromatic heterocycles. The van der Waals surface area contributed by atoms with Crippen LogP contribution in [0.5, 0.6) is 0 Å². The molecule has 0 radical (unpaired) electrons. The molecule has 1 aromatic rings. The zero-order valence-corrected chi connectivity index (χ0v) is 11.3. The number of nitrogens with one attached hydrogen (secondary N) is 1. The van der Waals surface area contributed by atoms with Gasteiger partial charge in [-0.2, -0.15) is 0 Å². The van der Waals surface area contributed by atoms with Crippen molar-refractivity contribution in [2.75, 3.05) is 25.0 Å². The van der Waals surface area contributed by atoms with Gasteiger partial charge < -0.3 is 5.32 Å². The van der Waals surface area contributed by atoms with Crippen molar-refractivity contribution in [2.24, 2.45) is 0 Å². The maximum Gasteiger partial charge on any atom is 0.238 e. The van der Waals surface area contributed by atoms with Crippen molar-refractivity contribution in [3.05, 3.63) is 28.7 Å². The van der Waals surface area contributed by atoms with Crippen LogP contribution in [0.15, 0.2) is 28.7 Å².